The summed E-state index contributed by atoms with van der Waals surface area (Å²) < 4.78 is 25.6. The zero-order valence-electron chi connectivity index (χ0n) is 15.8. The van der Waals surface area contributed by atoms with Crippen LogP contribution in [-0.2, 0) is 23.7 Å². The van der Waals surface area contributed by atoms with E-state index in [0.29, 0.717) is 13.2 Å². The molecule has 4 N–H and O–H groups in total. The molecular formula is C18H34O9. The predicted octanol–water partition coefficient (Wildman–Crippen LogP) is -1.11. The van der Waals surface area contributed by atoms with Crippen molar-refractivity contribution in [3.63, 3.8) is 0 Å². The van der Waals surface area contributed by atoms with E-state index in [1.807, 2.05) is 0 Å². The van der Waals surface area contributed by atoms with Gasteiger partial charge in [-0.15, -0.1) is 13.2 Å². The van der Waals surface area contributed by atoms with Gasteiger partial charge < -0.3 is 44.1 Å². The molecule has 0 spiro atoms. The molecule has 27 heavy (non-hydrogen) atoms. The second-order valence-electron chi connectivity index (χ2n) is 5.88. The Morgan fingerprint density at radius 3 is 0.926 bits per heavy atom. The van der Waals surface area contributed by atoms with Crippen LogP contribution in [0.25, 0.3) is 0 Å². The average Bonchev–Trinajstić information content (AvgIpc) is 2.62. The number of aliphatic hydroxyl groups is 4. The summed E-state index contributed by atoms with van der Waals surface area (Å²) in [6.07, 6.45) is -0.181. The lowest BCUT2D eigenvalue weighted by Crippen LogP contribution is -2.30. The maximum atomic E-state index is 9.70. The molecule has 0 aliphatic carbocycles. The molecule has 0 heterocycles. The third-order valence-electron chi connectivity index (χ3n) is 2.95. The third kappa shape index (κ3) is 18.3. The highest BCUT2D eigenvalue weighted by Crippen LogP contribution is 1.95. The summed E-state index contributed by atoms with van der Waals surface area (Å²) in [4.78, 5) is 0. The monoisotopic (exact) mass is 394 g/mol. The molecule has 0 saturated carbocycles. The van der Waals surface area contributed by atoms with Crippen LogP contribution in [0.4, 0.5) is 0 Å². The molecule has 0 fully saturated rings. The Morgan fingerprint density at radius 2 is 0.704 bits per heavy atom. The van der Waals surface area contributed by atoms with E-state index in [9.17, 15) is 20.4 Å². The number of aliphatic hydroxyl groups excluding tert-OH is 4. The van der Waals surface area contributed by atoms with Crippen molar-refractivity contribution < 1.29 is 44.1 Å². The van der Waals surface area contributed by atoms with Crippen LogP contribution in [0.2, 0.25) is 0 Å². The van der Waals surface area contributed by atoms with Crippen LogP contribution in [0.5, 0.6) is 0 Å². The zero-order chi connectivity index (χ0) is 20.3. The molecule has 0 aliphatic rings. The molecule has 0 aromatic rings. The topological polar surface area (TPSA) is 127 Å². The number of hydrogen-bond acceptors (Lipinski definition) is 9. The van der Waals surface area contributed by atoms with Gasteiger partial charge in [0.05, 0.1) is 66.1 Å². The van der Waals surface area contributed by atoms with Crippen molar-refractivity contribution in [2.75, 3.05) is 66.1 Å². The van der Waals surface area contributed by atoms with Crippen LogP contribution in [0, 0.1) is 0 Å². The van der Waals surface area contributed by atoms with Crippen molar-refractivity contribution in [3.05, 3.63) is 25.3 Å². The maximum Gasteiger partial charge on any atom is 0.101 e. The van der Waals surface area contributed by atoms with Crippen LogP contribution >= 0.6 is 0 Å². The Kier molecular flexibility index (Phi) is 17.9. The van der Waals surface area contributed by atoms with Crippen LogP contribution < -0.4 is 0 Å². The minimum Gasteiger partial charge on any atom is -0.388 e. The van der Waals surface area contributed by atoms with Gasteiger partial charge in [-0.05, 0) is 0 Å². The van der Waals surface area contributed by atoms with Gasteiger partial charge >= 0.3 is 0 Å². The predicted molar refractivity (Wildman–Crippen MR) is 98.5 cm³/mol. The summed E-state index contributed by atoms with van der Waals surface area (Å²) >= 11 is 0. The summed E-state index contributed by atoms with van der Waals surface area (Å²) in [7, 11) is 0. The molecule has 0 aromatic heterocycles. The highest BCUT2D eigenvalue weighted by atomic mass is 16.5. The fourth-order valence-electron chi connectivity index (χ4n) is 1.79. The van der Waals surface area contributed by atoms with Gasteiger partial charge in [-0.25, -0.2) is 0 Å². The van der Waals surface area contributed by atoms with Crippen molar-refractivity contribution in [1.29, 1.82) is 0 Å². The Labute approximate surface area is 160 Å². The summed E-state index contributed by atoms with van der Waals surface area (Å²) in [6, 6.07) is 0. The fraction of sp³-hybridized carbons (Fsp3) is 0.778. The highest BCUT2D eigenvalue weighted by molar-refractivity contribution is 4.65. The van der Waals surface area contributed by atoms with Crippen LogP contribution in [0.15, 0.2) is 25.3 Å². The Balaban J connectivity index is 3.54. The Bertz CT molecular complexity index is 322. The van der Waals surface area contributed by atoms with E-state index in [2.05, 4.69) is 13.2 Å². The van der Waals surface area contributed by atoms with Gasteiger partial charge in [0.15, 0.2) is 0 Å². The third-order valence-corrected chi connectivity index (χ3v) is 2.95. The minimum atomic E-state index is -0.886. The van der Waals surface area contributed by atoms with Crippen molar-refractivity contribution >= 4 is 0 Å². The summed E-state index contributed by atoms with van der Waals surface area (Å²) in [5, 5.41) is 38.5. The van der Waals surface area contributed by atoms with Gasteiger partial charge in [0, 0.05) is 0 Å². The van der Waals surface area contributed by atoms with E-state index >= 15 is 0 Å². The Hall–Kier alpha value is -0.880. The van der Waals surface area contributed by atoms with Gasteiger partial charge in [0.1, 0.15) is 24.4 Å². The average molecular weight is 394 g/mol. The second kappa shape index (κ2) is 18.5. The van der Waals surface area contributed by atoms with Gasteiger partial charge in [0.2, 0.25) is 0 Å². The van der Waals surface area contributed by atoms with E-state index in [0.717, 1.165) is 0 Å². The first kappa shape index (κ1) is 26.1. The number of ether oxygens (including phenoxy) is 5. The molecule has 160 valence electrons. The quantitative estimate of drug-likeness (QED) is 0.150. The smallest absolute Gasteiger partial charge is 0.101 e. The lowest BCUT2D eigenvalue weighted by Gasteiger charge is -2.17. The molecule has 0 amide bonds. The second-order valence-corrected chi connectivity index (χ2v) is 5.88. The minimum absolute atomic E-state index is 0.0119. The molecule has 0 aliphatic heterocycles. The zero-order valence-corrected chi connectivity index (χ0v) is 15.8. The van der Waals surface area contributed by atoms with Gasteiger partial charge in [-0.3, -0.25) is 0 Å². The number of rotatable bonds is 20. The molecule has 0 radical (unpaired) electrons. The van der Waals surface area contributed by atoms with E-state index in [4.69, 9.17) is 23.7 Å². The largest absolute Gasteiger partial charge is 0.388 e. The Morgan fingerprint density at radius 1 is 0.481 bits per heavy atom. The van der Waals surface area contributed by atoms with Crippen LogP contribution in [-0.4, -0.2) is 111 Å². The lowest BCUT2D eigenvalue weighted by atomic mass is 10.3. The highest BCUT2D eigenvalue weighted by Gasteiger charge is 2.11. The SMILES string of the molecule is C=CCOCC(O)COCC(O)COCC(O)COCC(O)COCC=C. The van der Waals surface area contributed by atoms with E-state index in [-0.39, 0.29) is 52.9 Å². The first-order valence-electron chi connectivity index (χ1n) is 8.82. The molecule has 0 rings (SSSR count). The summed E-state index contributed by atoms with van der Waals surface area (Å²) in [6.45, 7) is 7.91. The molecule has 4 unspecified atom stereocenters. The van der Waals surface area contributed by atoms with E-state index < -0.39 is 24.4 Å². The van der Waals surface area contributed by atoms with Crippen molar-refractivity contribution in [1.82, 2.24) is 0 Å². The molecular weight excluding hydrogens is 360 g/mol. The van der Waals surface area contributed by atoms with Crippen LogP contribution in [0.1, 0.15) is 0 Å². The maximum absolute atomic E-state index is 9.70. The molecule has 9 nitrogen and oxygen atoms in total. The normalized spacial score (nSPS) is 15.9. The van der Waals surface area contributed by atoms with Crippen molar-refractivity contribution in [2.45, 2.75) is 24.4 Å². The number of hydrogen-bond donors (Lipinski definition) is 4. The fourth-order valence-corrected chi connectivity index (χ4v) is 1.79. The van der Waals surface area contributed by atoms with Crippen LogP contribution in [0.3, 0.4) is 0 Å². The first-order valence-corrected chi connectivity index (χ1v) is 8.82. The van der Waals surface area contributed by atoms with Crippen molar-refractivity contribution in [2.24, 2.45) is 0 Å². The molecule has 0 bridgehead atoms. The van der Waals surface area contributed by atoms with E-state index in [1.165, 1.54) is 0 Å². The molecule has 4 atom stereocenters. The standard InChI is InChI=1S/C18H34O9/c1-3-5-23-7-15(19)9-25-11-17(21)13-27-14-18(22)12-26-10-16(20)8-24-6-4-2/h3-4,15-22H,1-2,5-14H2. The first-order chi connectivity index (χ1) is 13.0. The van der Waals surface area contributed by atoms with Crippen molar-refractivity contribution in [3.8, 4) is 0 Å². The summed E-state index contributed by atoms with van der Waals surface area (Å²) in [5.74, 6) is 0. The molecule has 9 heteroatoms. The lowest BCUT2D eigenvalue weighted by molar-refractivity contribution is -0.0776. The molecule has 0 saturated heterocycles. The van der Waals surface area contributed by atoms with Gasteiger partial charge in [-0.2, -0.15) is 0 Å². The summed E-state index contributed by atoms with van der Waals surface area (Å²) in [5.41, 5.74) is 0. The van der Waals surface area contributed by atoms with E-state index in [1.54, 1.807) is 12.2 Å². The molecule has 0 aromatic carbocycles. The van der Waals surface area contributed by atoms with Gasteiger partial charge in [0.25, 0.3) is 0 Å². The van der Waals surface area contributed by atoms with Gasteiger partial charge in [-0.1, -0.05) is 12.2 Å².